The molecule has 0 amide bonds. The molecule has 0 aromatic carbocycles. The minimum atomic E-state index is -4.45. The molecule has 1 aliphatic rings. The lowest BCUT2D eigenvalue weighted by molar-refractivity contribution is -0.161. The van der Waals surface area contributed by atoms with Crippen LogP contribution in [0.25, 0.3) is 0 Å². The molecule has 1 rings (SSSR count). The number of Topliss-reactive ketones (excluding diaryl/α,β-unsaturated/α-hetero) is 1. The number of esters is 2. The number of phosphoric ester groups is 1. The summed E-state index contributed by atoms with van der Waals surface area (Å²) in [5.41, 5.74) is 5.34. The van der Waals surface area contributed by atoms with Gasteiger partial charge in [-0.1, -0.05) is 160 Å². The molecule has 5 N–H and O–H groups in total. The number of ether oxygens (including phenoxy) is 2. The molecular formula is C45H82NO11P. The molecule has 0 spiro atoms. The van der Waals surface area contributed by atoms with Gasteiger partial charge in [-0.2, -0.15) is 0 Å². The van der Waals surface area contributed by atoms with Crippen LogP contribution in [-0.2, 0) is 37.5 Å². The molecule has 58 heavy (non-hydrogen) atoms. The Labute approximate surface area is 351 Å². The summed E-state index contributed by atoms with van der Waals surface area (Å²) in [6.45, 7) is 3.33. The third-order valence-corrected chi connectivity index (χ3v) is 11.7. The smallest absolute Gasteiger partial charge is 0.462 e. The van der Waals surface area contributed by atoms with Crippen molar-refractivity contribution in [3.8, 4) is 0 Å². The van der Waals surface area contributed by atoms with Gasteiger partial charge in [-0.3, -0.25) is 23.4 Å². The third kappa shape index (κ3) is 29.3. The number of allylic oxidation sites excluding steroid dienone is 2. The number of carbonyl (C=O) groups excluding carboxylic acids is 3. The average molecular weight is 844 g/mol. The fourth-order valence-electron chi connectivity index (χ4n) is 7.20. The van der Waals surface area contributed by atoms with Crippen LogP contribution >= 0.6 is 7.82 Å². The molecule has 1 unspecified atom stereocenters. The van der Waals surface area contributed by atoms with Gasteiger partial charge < -0.3 is 30.3 Å². The first kappa shape index (κ1) is 54.1. The molecule has 1 aliphatic carbocycles. The van der Waals surface area contributed by atoms with Gasteiger partial charge in [-0.15, -0.1) is 0 Å². The Kier molecular flexibility index (Phi) is 33.4. The summed E-state index contributed by atoms with van der Waals surface area (Å²) in [7, 11) is -4.45. The van der Waals surface area contributed by atoms with Crippen LogP contribution in [0.1, 0.15) is 187 Å². The van der Waals surface area contributed by atoms with Gasteiger partial charge in [0.15, 0.2) is 6.10 Å². The van der Waals surface area contributed by atoms with E-state index in [1.54, 1.807) is 12.2 Å². The highest BCUT2D eigenvalue weighted by Gasteiger charge is 2.39. The lowest BCUT2D eigenvalue weighted by Gasteiger charge is -2.19. The fraction of sp³-hybridized carbons (Fsp3) is 0.844. The van der Waals surface area contributed by atoms with Crippen LogP contribution in [0, 0.1) is 11.8 Å². The molecule has 0 aromatic rings. The van der Waals surface area contributed by atoms with Gasteiger partial charge in [0, 0.05) is 37.6 Å². The van der Waals surface area contributed by atoms with E-state index in [1.807, 2.05) is 12.2 Å². The van der Waals surface area contributed by atoms with E-state index in [0.29, 0.717) is 32.1 Å². The minimum absolute atomic E-state index is 0.00844. The monoisotopic (exact) mass is 844 g/mol. The lowest BCUT2D eigenvalue weighted by atomic mass is 9.90. The number of aliphatic hydroxyl groups excluding tert-OH is 2. The van der Waals surface area contributed by atoms with Crippen molar-refractivity contribution in [1.82, 2.24) is 0 Å². The summed E-state index contributed by atoms with van der Waals surface area (Å²) < 4.78 is 32.8. The van der Waals surface area contributed by atoms with Crippen molar-refractivity contribution in [3.05, 3.63) is 24.3 Å². The van der Waals surface area contributed by atoms with Gasteiger partial charge in [-0.25, -0.2) is 4.57 Å². The minimum Gasteiger partial charge on any atom is -0.462 e. The van der Waals surface area contributed by atoms with Crippen molar-refractivity contribution in [1.29, 1.82) is 0 Å². The number of hydrogen-bond acceptors (Lipinski definition) is 11. The van der Waals surface area contributed by atoms with E-state index in [0.717, 1.165) is 38.5 Å². The third-order valence-electron chi connectivity index (χ3n) is 10.7. The molecule has 0 heterocycles. The second-order valence-corrected chi connectivity index (χ2v) is 17.5. The van der Waals surface area contributed by atoms with Crippen molar-refractivity contribution in [3.63, 3.8) is 0 Å². The van der Waals surface area contributed by atoms with Crippen LogP contribution < -0.4 is 5.73 Å². The second-order valence-electron chi connectivity index (χ2n) is 16.1. The van der Waals surface area contributed by atoms with E-state index >= 15 is 0 Å². The van der Waals surface area contributed by atoms with Crippen LogP contribution in [0.4, 0.5) is 0 Å². The Morgan fingerprint density at radius 2 is 1.33 bits per heavy atom. The number of rotatable bonds is 39. The van der Waals surface area contributed by atoms with Crippen LogP contribution in [0.2, 0.25) is 0 Å². The Balaban J connectivity index is 2.37. The molecule has 6 atom stereocenters. The number of unbranched alkanes of at least 4 members (excludes halogenated alkanes) is 19. The molecule has 338 valence electrons. The van der Waals surface area contributed by atoms with E-state index < -0.39 is 44.7 Å². The zero-order valence-electron chi connectivity index (χ0n) is 36.2. The SMILES string of the molecule is CCCCCCCCCCCCCCCCCCCC(=O)OC[C@H](COP(=O)(O)OCCN)OC(=O)CCC/C=C\C[C@H]1C(=O)C[C@@H](O)[C@@H]1/C=C/[C@@H](O)CCCCC. The molecule has 0 bridgehead atoms. The summed E-state index contributed by atoms with van der Waals surface area (Å²) in [6, 6.07) is 0. The Hall–Kier alpha value is -1.92. The molecule has 13 heteroatoms. The van der Waals surface area contributed by atoms with Crippen molar-refractivity contribution in [2.45, 2.75) is 206 Å². The van der Waals surface area contributed by atoms with Gasteiger partial charge in [-0.05, 0) is 32.1 Å². The highest BCUT2D eigenvalue weighted by Crippen LogP contribution is 2.43. The Bertz CT molecular complexity index is 1170. The number of aliphatic hydroxyl groups is 2. The molecule has 0 aliphatic heterocycles. The number of carbonyl (C=O) groups is 3. The van der Waals surface area contributed by atoms with Crippen molar-refractivity contribution < 1.29 is 52.6 Å². The molecular weight excluding hydrogens is 761 g/mol. The molecule has 1 fully saturated rings. The molecule has 1 saturated carbocycles. The summed E-state index contributed by atoms with van der Waals surface area (Å²) >= 11 is 0. The van der Waals surface area contributed by atoms with Crippen LogP contribution in [-0.4, -0.2) is 77.5 Å². The fourth-order valence-corrected chi connectivity index (χ4v) is 7.97. The second kappa shape index (κ2) is 35.8. The van der Waals surface area contributed by atoms with Gasteiger partial charge in [0.1, 0.15) is 12.4 Å². The van der Waals surface area contributed by atoms with Crippen molar-refractivity contribution in [2.24, 2.45) is 17.6 Å². The summed E-state index contributed by atoms with van der Waals surface area (Å²) in [5.74, 6) is -1.75. The Morgan fingerprint density at radius 1 is 0.776 bits per heavy atom. The quantitative estimate of drug-likeness (QED) is 0.0199. The highest BCUT2D eigenvalue weighted by molar-refractivity contribution is 7.47. The molecule has 0 radical (unpaired) electrons. The van der Waals surface area contributed by atoms with Crippen LogP contribution in [0.15, 0.2) is 24.3 Å². The zero-order valence-corrected chi connectivity index (χ0v) is 37.1. The van der Waals surface area contributed by atoms with Gasteiger partial charge in [0.25, 0.3) is 0 Å². The normalized spacial score (nSPS) is 19.2. The van der Waals surface area contributed by atoms with E-state index in [1.165, 1.54) is 83.5 Å². The number of hydrogen-bond donors (Lipinski definition) is 4. The average Bonchev–Trinajstić information content (AvgIpc) is 3.47. The first-order chi connectivity index (χ1) is 28.0. The van der Waals surface area contributed by atoms with Gasteiger partial charge in [0.05, 0.1) is 25.4 Å². The zero-order chi connectivity index (χ0) is 42.7. The first-order valence-electron chi connectivity index (χ1n) is 22.9. The highest BCUT2D eigenvalue weighted by atomic mass is 31.2. The maximum absolute atomic E-state index is 12.7. The maximum Gasteiger partial charge on any atom is 0.472 e. The number of nitrogens with two attached hydrogens (primary N) is 1. The topological polar surface area (TPSA) is 192 Å². The van der Waals surface area contributed by atoms with Crippen LogP contribution in [0.5, 0.6) is 0 Å². The summed E-state index contributed by atoms with van der Waals surface area (Å²) in [6.07, 6.45) is 31.4. The van der Waals surface area contributed by atoms with E-state index in [2.05, 4.69) is 13.8 Å². The Morgan fingerprint density at radius 3 is 1.91 bits per heavy atom. The lowest BCUT2D eigenvalue weighted by Crippen LogP contribution is -2.29. The standard InChI is InChI=1S/C45H82NO11P/c1-3-5-7-8-9-10-11-12-13-14-15-16-17-18-19-20-25-29-44(50)54-36-39(37-56-58(52,53)55-34-33-46)57-45(51)30-26-22-21-24-28-40-41(43(49)35-42(40)48)32-31-38(47)27-23-6-4-2/h21,24,31-32,38-41,43,47,49H,3-20,22-23,25-30,33-37,46H2,1-2H3,(H,52,53)/b24-21-,32-31+/t38-,39+,40+,41+,43+/m0/s1. The van der Waals surface area contributed by atoms with Gasteiger partial charge in [0.2, 0.25) is 0 Å². The van der Waals surface area contributed by atoms with Gasteiger partial charge >= 0.3 is 19.8 Å². The molecule has 12 nitrogen and oxygen atoms in total. The van der Waals surface area contributed by atoms with E-state index in [9.17, 15) is 34.1 Å². The summed E-state index contributed by atoms with van der Waals surface area (Å²) in [5, 5.41) is 20.7. The van der Waals surface area contributed by atoms with E-state index in [4.69, 9.17) is 24.3 Å². The number of phosphoric acid groups is 1. The van der Waals surface area contributed by atoms with E-state index in [-0.39, 0.29) is 56.6 Å². The summed E-state index contributed by atoms with van der Waals surface area (Å²) in [4.78, 5) is 47.6. The van der Waals surface area contributed by atoms with Crippen molar-refractivity contribution >= 4 is 25.5 Å². The predicted octanol–water partition coefficient (Wildman–Crippen LogP) is 9.76. The largest absolute Gasteiger partial charge is 0.472 e. The first-order valence-corrected chi connectivity index (χ1v) is 24.4. The van der Waals surface area contributed by atoms with Crippen molar-refractivity contribution in [2.75, 3.05) is 26.4 Å². The molecule has 0 saturated heterocycles. The molecule has 0 aromatic heterocycles. The number of ketones is 1. The predicted molar refractivity (Wildman–Crippen MR) is 230 cm³/mol. The maximum atomic E-state index is 12.7. The van der Waals surface area contributed by atoms with Crippen LogP contribution in [0.3, 0.4) is 0 Å².